The van der Waals surface area contributed by atoms with E-state index in [1.807, 2.05) is 6.92 Å². The van der Waals surface area contributed by atoms with Crippen molar-refractivity contribution in [3.05, 3.63) is 34.6 Å². The maximum Gasteiger partial charge on any atom is 0.129 e. The quantitative estimate of drug-likeness (QED) is 0.812. The Morgan fingerprint density at radius 3 is 2.72 bits per heavy atom. The largest absolute Gasteiger partial charge is 0.382 e. The normalized spacial score (nSPS) is 14.5. The van der Waals surface area contributed by atoms with Gasteiger partial charge in [0.1, 0.15) is 5.82 Å². The Kier molecular flexibility index (Phi) is 6.61. The predicted molar refractivity (Wildman–Crippen MR) is 73.5 cm³/mol. The molecule has 1 N–H and O–H groups in total. The van der Waals surface area contributed by atoms with E-state index in [0.717, 1.165) is 13.0 Å². The fraction of sp³-hybridized carbons (Fsp3) is 0.571. The first-order valence-electron chi connectivity index (χ1n) is 6.30. The number of hydrogen-bond donors (Lipinski definition) is 1. The maximum absolute atomic E-state index is 13.9. The van der Waals surface area contributed by atoms with Crippen molar-refractivity contribution in [3.63, 3.8) is 0 Å². The molecule has 0 radical (unpaired) electrons. The average Bonchev–Trinajstić information content (AvgIpc) is 2.35. The molecule has 0 saturated carbocycles. The summed E-state index contributed by atoms with van der Waals surface area (Å²) in [6.07, 6.45) is 1.73. The molecule has 1 aromatic carbocycles. The number of hydrogen-bond acceptors (Lipinski definition) is 2. The second-order valence-corrected chi connectivity index (χ2v) is 4.83. The van der Waals surface area contributed by atoms with E-state index in [1.54, 1.807) is 19.2 Å². The van der Waals surface area contributed by atoms with Gasteiger partial charge < -0.3 is 10.1 Å². The molecular formula is C14H21ClFNO. The fourth-order valence-electron chi connectivity index (χ4n) is 1.89. The topological polar surface area (TPSA) is 21.3 Å². The van der Waals surface area contributed by atoms with Gasteiger partial charge in [0, 0.05) is 23.7 Å². The Labute approximate surface area is 113 Å². The van der Waals surface area contributed by atoms with Gasteiger partial charge in [-0.1, -0.05) is 24.6 Å². The zero-order valence-electron chi connectivity index (χ0n) is 11.2. The molecule has 0 aliphatic carbocycles. The lowest BCUT2D eigenvalue weighted by Crippen LogP contribution is -2.27. The standard InChI is InChI=1S/C14H21ClFNO/c1-4-8-17-13(9-10(2)18-3)14-11(15)6-5-7-12(14)16/h5-7,10,13,17H,4,8-9H2,1-3H3. The molecule has 1 aromatic rings. The Morgan fingerprint density at radius 1 is 1.44 bits per heavy atom. The van der Waals surface area contributed by atoms with Gasteiger partial charge in [-0.05, 0) is 38.4 Å². The molecule has 102 valence electrons. The molecule has 0 aliphatic heterocycles. The second kappa shape index (κ2) is 7.72. The van der Waals surface area contributed by atoms with E-state index in [1.165, 1.54) is 6.07 Å². The number of methoxy groups -OCH3 is 1. The zero-order valence-corrected chi connectivity index (χ0v) is 11.9. The highest BCUT2D eigenvalue weighted by molar-refractivity contribution is 6.31. The predicted octanol–water partition coefficient (Wildman–Crippen LogP) is 3.94. The molecule has 0 aliphatic rings. The van der Waals surface area contributed by atoms with Crippen LogP contribution in [0.15, 0.2) is 18.2 Å². The van der Waals surface area contributed by atoms with E-state index in [4.69, 9.17) is 16.3 Å². The molecule has 2 unspecified atom stereocenters. The van der Waals surface area contributed by atoms with Crippen LogP contribution in [0.1, 0.15) is 38.3 Å². The van der Waals surface area contributed by atoms with Gasteiger partial charge in [-0.3, -0.25) is 0 Å². The molecule has 0 aromatic heterocycles. The van der Waals surface area contributed by atoms with Gasteiger partial charge in [0.05, 0.1) is 6.10 Å². The fourth-order valence-corrected chi connectivity index (χ4v) is 2.19. The number of halogens is 2. The van der Waals surface area contributed by atoms with Crippen molar-refractivity contribution in [2.45, 2.75) is 38.8 Å². The van der Waals surface area contributed by atoms with Crippen LogP contribution in [0.5, 0.6) is 0 Å². The Hall–Kier alpha value is -0.640. The summed E-state index contributed by atoms with van der Waals surface area (Å²) in [5.41, 5.74) is 0.538. The minimum atomic E-state index is -0.264. The van der Waals surface area contributed by atoms with Crippen LogP contribution in [-0.4, -0.2) is 19.8 Å². The number of ether oxygens (including phenoxy) is 1. The molecule has 4 heteroatoms. The first-order valence-corrected chi connectivity index (χ1v) is 6.68. The third-order valence-electron chi connectivity index (χ3n) is 2.96. The summed E-state index contributed by atoms with van der Waals surface area (Å²) in [5.74, 6) is -0.264. The first-order chi connectivity index (χ1) is 8.60. The molecule has 1 rings (SSSR count). The van der Waals surface area contributed by atoms with Crippen LogP contribution in [0.4, 0.5) is 4.39 Å². The van der Waals surface area contributed by atoms with Crippen LogP contribution in [-0.2, 0) is 4.74 Å². The third-order valence-corrected chi connectivity index (χ3v) is 3.29. The Bertz CT molecular complexity index is 353. The number of nitrogens with one attached hydrogen (secondary N) is 1. The molecule has 18 heavy (non-hydrogen) atoms. The van der Waals surface area contributed by atoms with E-state index in [9.17, 15) is 4.39 Å². The van der Waals surface area contributed by atoms with Gasteiger partial charge in [0.25, 0.3) is 0 Å². The van der Waals surface area contributed by atoms with Crippen LogP contribution in [0.2, 0.25) is 5.02 Å². The van der Waals surface area contributed by atoms with E-state index >= 15 is 0 Å². The summed E-state index contributed by atoms with van der Waals surface area (Å²) in [7, 11) is 1.66. The average molecular weight is 274 g/mol. The molecule has 0 spiro atoms. The minimum absolute atomic E-state index is 0.0510. The number of rotatable bonds is 7. The van der Waals surface area contributed by atoms with E-state index in [-0.39, 0.29) is 18.0 Å². The van der Waals surface area contributed by atoms with Gasteiger partial charge in [-0.25, -0.2) is 4.39 Å². The van der Waals surface area contributed by atoms with Crippen molar-refractivity contribution in [2.75, 3.05) is 13.7 Å². The van der Waals surface area contributed by atoms with Gasteiger partial charge in [0.2, 0.25) is 0 Å². The molecule has 0 heterocycles. The van der Waals surface area contributed by atoms with Crippen molar-refractivity contribution < 1.29 is 9.13 Å². The van der Waals surface area contributed by atoms with Crippen molar-refractivity contribution in [2.24, 2.45) is 0 Å². The number of benzene rings is 1. The molecule has 2 nitrogen and oxygen atoms in total. The first kappa shape index (κ1) is 15.4. The van der Waals surface area contributed by atoms with Crippen molar-refractivity contribution in [3.8, 4) is 0 Å². The summed E-state index contributed by atoms with van der Waals surface area (Å²) >= 11 is 6.11. The summed E-state index contributed by atoms with van der Waals surface area (Å²) in [5, 5.41) is 3.79. The smallest absolute Gasteiger partial charge is 0.129 e. The highest BCUT2D eigenvalue weighted by Crippen LogP contribution is 2.29. The van der Waals surface area contributed by atoms with Crippen LogP contribution >= 0.6 is 11.6 Å². The van der Waals surface area contributed by atoms with E-state index in [2.05, 4.69) is 12.2 Å². The lowest BCUT2D eigenvalue weighted by molar-refractivity contribution is 0.1000. The van der Waals surface area contributed by atoms with Gasteiger partial charge >= 0.3 is 0 Å². The monoisotopic (exact) mass is 273 g/mol. The van der Waals surface area contributed by atoms with Gasteiger partial charge in [0.15, 0.2) is 0 Å². The Balaban J connectivity index is 2.93. The highest BCUT2D eigenvalue weighted by atomic mass is 35.5. The molecule has 0 saturated heterocycles. The maximum atomic E-state index is 13.9. The second-order valence-electron chi connectivity index (χ2n) is 4.42. The minimum Gasteiger partial charge on any atom is -0.382 e. The molecule has 0 amide bonds. The Morgan fingerprint density at radius 2 is 2.17 bits per heavy atom. The molecule has 2 atom stereocenters. The lowest BCUT2D eigenvalue weighted by atomic mass is 10.00. The zero-order chi connectivity index (χ0) is 13.5. The highest BCUT2D eigenvalue weighted by Gasteiger charge is 2.20. The molecule has 0 fully saturated rings. The molecule has 0 bridgehead atoms. The SMILES string of the molecule is CCCNC(CC(C)OC)c1c(F)cccc1Cl. The van der Waals surface area contributed by atoms with Gasteiger partial charge in [-0.2, -0.15) is 0 Å². The summed E-state index contributed by atoms with van der Waals surface area (Å²) in [4.78, 5) is 0. The van der Waals surface area contributed by atoms with Gasteiger partial charge in [-0.15, -0.1) is 0 Å². The van der Waals surface area contributed by atoms with Crippen LogP contribution in [0, 0.1) is 5.82 Å². The van der Waals surface area contributed by atoms with E-state index < -0.39 is 0 Å². The summed E-state index contributed by atoms with van der Waals surface area (Å²) in [6.45, 7) is 4.87. The summed E-state index contributed by atoms with van der Waals surface area (Å²) < 4.78 is 19.2. The molecular weight excluding hydrogens is 253 g/mol. The van der Waals surface area contributed by atoms with Crippen LogP contribution in [0.3, 0.4) is 0 Å². The lowest BCUT2D eigenvalue weighted by Gasteiger charge is -2.23. The van der Waals surface area contributed by atoms with E-state index in [0.29, 0.717) is 17.0 Å². The van der Waals surface area contributed by atoms with Crippen molar-refractivity contribution >= 4 is 11.6 Å². The van der Waals surface area contributed by atoms with Crippen molar-refractivity contribution in [1.82, 2.24) is 5.32 Å². The van der Waals surface area contributed by atoms with Crippen molar-refractivity contribution in [1.29, 1.82) is 0 Å². The summed E-state index contributed by atoms with van der Waals surface area (Å²) in [6, 6.07) is 4.67. The van der Waals surface area contributed by atoms with Crippen LogP contribution < -0.4 is 5.32 Å². The third kappa shape index (κ3) is 4.23. The van der Waals surface area contributed by atoms with Crippen LogP contribution in [0.25, 0.3) is 0 Å².